The van der Waals surface area contributed by atoms with Crippen molar-refractivity contribution in [1.29, 1.82) is 0 Å². The maximum absolute atomic E-state index is 12.4. The number of para-hydroxylation sites is 1. The maximum atomic E-state index is 12.4. The standard InChI is InChI=1S/C19H21N3O3/c1-2-18(23)22-11-12-25-13-17(22)19(24)20-10-9-15-8-7-14-5-3-4-6-16(14)21-15/h2-8,17H,1,9-13H2,(H,20,24)/t17-/m0/s1. The number of carbonyl (C=O) groups excluding carboxylic acids is 2. The number of morpholine rings is 1. The lowest BCUT2D eigenvalue weighted by atomic mass is 10.1. The fourth-order valence-electron chi connectivity index (χ4n) is 2.88. The van der Waals surface area contributed by atoms with E-state index in [9.17, 15) is 9.59 Å². The zero-order valence-electron chi connectivity index (χ0n) is 14.0. The Balaban J connectivity index is 1.57. The number of aromatic nitrogens is 1. The Labute approximate surface area is 146 Å². The molecule has 0 spiro atoms. The second-order valence-electron chi connectivity index (χ2n) is 5.86. The molecule has 1 aromatic carbocycles. The summed E-state index contributed by atoms with van der Waals surface area (Å²) < 4.78 is 5.34. The van der Waals surface area contributed by atoms with Gasteiger partial charge in [-0.05, 0) is 18.2 Å². The monoisotopic (exact) mass is 339 g/mol. The number of pyridine rings is 1. The molecule has 0 bridgehead atoms. The summed E-state index contributed by atoms with van der Waals surface area (Å²) >= 11 is 0. The van der Waals surface area contributed by atoms with Crippen LogP contribution in [0.4, 0.5) is 0 Å². The lowest BCUT2D eigenvalue weighted by molar-refractivity contribution is -0.145. The number of benzene rings is 1. The molecule has 130 valence electrons. The van der Waals surface area contributed by atoms with Crippen LogP contribution in [0.15, 0.2) is 49.1 Å². The molecular formula is C19H21N3O3. The van der Waals surface area contributed by atoms with Gasteiger partial charge in [0.2, 0.25) is 11.8 Å². The molecule has 2 aromatic rings. The Kier molecular flexibility index (Phi) is 5.40. The van der Waals surface area contributed by atoms with E-state index < -0.39 is 6.04 Å². The van der Waals surface area contributed by atoms with Crippen molar-refractivity contribution < 1.29 is 14.3 Å². The van der Waals surface area contributed by atoms with Crippen LogP contribution in [-0.4, -0.2) is 54.0 Å². The van der Waals surface area contributed by atoms with Crippen molar-refractivity contribution in [3.8, 4) is 0 Å². The summed E-state index contributed by atoms with van der Waals surface area (Å²) in [5.74, 6) is -0.463. The van der Waals surface area contributed by atoms with Gasteiger partial charge in [-0.1, -0.05) is 30.8 Å². The third kappa shape index (κ3) is 4.03. The average molecular weight is 339 g/mol. The fourth-order valence-corrected chi connectivity index (χ4v) is 2.88. The first-order valence-corrected chi connectivity index (χ1v) is 8.32. The molecule has 3 rings (SSSR count). The molecule has 2 heterocycles. The quantitative estimate of drug-likeness (QED) is 0.834. The highest BCUT2D eigenvalue weighted by molar-refractivity contribution is 5.92. The SMILES string of the molecule is C=CC(=O)N1CCOC[C@H]1C(=O)NCCc1ccc2ccccc2n1. The van der Waals surface area contributed by atoms with Crippen molar-refractivity contribution in [1.82, 2.24) is 15.2 Å². The third-order valence-corrected chi connectivity index (χ3v) is 4.23. The van der Waals surface area contributed by atoms with Gasteiger partial charge < -0.3 is 15.0 Å². The van der Waals surface area contributed by atoms with Crippen LogP contribution in [-0.2, 0) is 20.7 Å². The Morgan fingerprint density at radius 3 is 3.00 bits per heavy atom. The summed E-state index contributed by atoms with van der Waals surface area (Å²) in [7, 11) is 0. The van der Waals surface area contributed by atoms with Gasteiger partial charge in [0, 0.05) is 30.6 Å². The number of fused-ring (bicyclic) bond motifs is 1. The maximum Gasteiger partial charge on any atom is 0.246 e. The van der Waals surface area contributed by atoms with E-state index in [4.69, 9.17) is 4.74 Å². The van der Waals surface area contributed by atoms with Crippen LogP contribution < -0.4 is 5.32 Å². The van der Waals surface area contributed by atoms with Gasteiger partial charge in [0.1, 0.15) is 6.04 Å². The van der Waals surface area contributed by atoms with Gasteiger partial charge in [0.15, 0.2) is 0 Å². The molecular weight excluding hydrogens is 318 g/mol. The van der Waals surface area contributed by atoms with E-state index in [-0.39, 0.29) is 18.4 Å². The molecule has 1 aromatic heterocycles. The summed E-state index contributed by atoms with van der Waals surface area (Å²) in [4.78, 5) is 30.3. The minimum Gasteiger partial charge on any atom is -0.377 e. The second-order valence-corrected chi connectivity index (χ2v) is 5.86. The van der Waals surface area contributed by atoms with Crippen molar-refractivity contribution in [2.24, 2.45) is 0 Å². The molecule has 0 unspecified atom stereocenters. The Hall–Kier alpha value is -2.73. The van der Waals surface area contributed by atoms with Crippen molar-refractivity contribution >= 4 is 22.7 Å². The van der Waals surface area contributed by atoms with Crippen molar-refractivity contribution in [2.45, 2.75) is 12.5 Å². The fraction of sp³-hybridized carbons (Fsp3) is 0.316. The molecule has 6 nitrogen and oxygen atoms in total. The zero-order chi connectivity index (χ0) is 17.6. The predicted molar refractivity (Wildman–Crippen MR) is 95.0 cm³/mol. The molecule has 0 aliphatic carbocycles. The van der Waals surface area contributed by atoms with Crippen LogP contribution in [0.3, 0.4) is 0 Å². The Morgan fingerprint density at radius 2 is 2.16 bits per heavy atom. The topological polar surface area (TPSA) is 71.5 Å². The smallest absolute Gasteiger partial charge is 0.246 e. The number of ether oxygens (including phenoxy) is 1. The molecule has 1 atom stereocenters. The van der Waals surface area contributed by atoms with E-state index in [1.54, 1.807) is 0 Å². The predicted octanol–water partition coefficient (Wildman–Crippen LogP) is 1.31. The normalized spacial score (nSPS) is 17.3. The van der Waals surface area contributed by atoms with E-state index in [0.29, 0.717) is 26.1 Å². The van der Waals surface area contributed by atoms with E-state index in [0.717, 1.165) is 16.6 Å². The number of hydrogen-bond acceptors (Lipinski definition) is 4. The first-order valence-electron chi connectivity index (χ1n) is 8.32. The highest BCUT2D eigenvalue weighted by Crippen LogP contribution is 2.12. The van der Waals surface area contributed by atoms with E-state index in [2.05, 4.69) is 16.9 Å². The first kappa shape index (κ1) is 17.1. The molecule has 6 heteroatoms. The lowest BCUT2D eigenvalue weighted by Crippen LogP contribution is -2.55. The second kappa shape index (κ2) is 7.90. The summed E-state index contributed by atoms with van der Waals surface area (Å²) in [6.07, 6.45) is 1.85. The number of nitrogens with one attached hydrogen (secondary N) is 1. The van der Waals surface area contributed by atoms with Gasteiger partial charge in [-0.2, -0.15) is 0 Å². The summed E-state index contributed by atoms with van der Waals surface area (Å²) in [6, 6.07) is 11.3. The number of amides is 2. The number of hydrogen-bond donors (Lipinski definition) is 1. The van der Waals surface area contributed by atoms with E-state index in [1.807, 2.05) is 36.4 Å². The van der Waals surface area contributed by atoms with E-state index >= 15 is 0 Å². The van der Waals surface area contributed by atoms with Gasteiger partial charge in [-0.15, -0.1) is 0 Å². The van der Waals surface area contributed by atoms with Crippen LogP contribution in [0.25, 0.3) is 10.9 Å². The average Bonchev–Trinajstić information content (AvgIpc) is 2.67. The van der Waals surface area contributed by atoms with Crippen molar-refractivity contribution in [2.75, 3.05) is 26.3 Å². The largest absolute Gasteiger partial charge is 0.377 e. The molecule has 25 heavy (non-hydrogen) atoms. The van der Waals surface area contributed by atoms with E-state index in [1.165, 1.54) is 11.0 Å². The van der Waals surface area contributed by atoms with Crippen LogP contribution >= 0.6 is 0 Å². The van der Waals surface area contributed by atoms with Gasteiger partial charge in [0.05, 0.1) is 18.7 Å². The Bertz CT molecular complexity index is 790. The third-order valence-electron chi connectivity index (χ3n) is 4.23. The minimum absolute atomic E-state index is 0.208. The summed E-state index contributed by atoms with van der Waals surface area (Å²) in [6.45, 7) is 4.98. The molecule has 2 amide bonds. The molecule has 1 aliphatic rings. The van der Waals surface area contributed by atoms with Crippen LogP contribution in [0.1, 0.15) is 5.69 Å². The van der Waals surface area contributed by atoms with Crippen molar-refractivity contribution in [3.63, 3.8) is 0 Å². The molecule has 1 aliphatic heterocycles. The van der Waals surface area contributed by atoms with Gasteiger partial charge in [-0.25, -0.2) is 0 Å². The lowest BCUT2D eigenvalue weighted by Gasteiger charge is -2.33. The zero-order valence-corrected chi connectivity index (χ0v) is 14.0. The Morgan fingerprint density at radius 1 is 1.32 bits per heavy atom. The molecule has 1 saturated heterocycles. The number of carbonyl (C=O) groups is 2. The van der Waals surface area contributed by atoms with Gasteiger partial charge in [0.25, 0.3) is 0 Å². The highest BCUT2D eigenvalue weighted by atomic mass is 16.5. The molecule has 1 N–H and O–H groups in total. The number of nitrogens with zero attached hydrogens (tertiary/aromatic N) is 2. The molecule has 0 saturated carbocycles. The summed E-state index contributed by atoms with van der Waals surface area (Å²) in [5, 5.41) is 3.96. The van der Waals surface area contributed by atoms with Gasteiger partial charge >= 0.3 is 0 Å². The van der Waals surface area contributed by atoms with Crippen LogP contribution in [0.5, 0.6) is 0 Å². The minimum atomic E-state index is -0.608. The van der Waals surface area contributed by atoms with Crippen LogP contribution in [0.2, 0.25) is 0 Å². The van der Waals surface area contributed by atoms with Crippen molar-refractivity contribution in [3.05, 3.63) is 54.7 Å². The molecule has 0 radical (unpaired) electrons. The highest BCUT2D eigenvalue weighted by Gasteiger charge is 2.31. The van der Waals surface area contributed by atoms with Crippen LogP contribution in [0, 0.1) is 0 Å². The first-order chi connectivity index (χ1) is 12.2. The molecule has 1 fully saturated rings. The van der Waals surface area contributed by atoms with Gasteiger partial charge in [-0.3, -0.25) is 14.6 Å². The number of rotatable bonds is 5. The summed E-state index contributed by atoms with van der Waals surface area (Å²) in [5.41, 5.74) is 1.85.